The number of aliphatic carboxylic acids is 1. The average Bonchev–Trinajstić information content (AvgIpc) is 2.74. The Morgan fingerprint density at radius 2 is 1.95 bits per heavy atom. The van der Waals surface area contributed by atoms with Gasteiger partial charge in [-0.05, 0) is 13.0 Å². The zero-order chi connectivity index (χ0) is 16.5. The van der Waals surface area contributed by atoms with E-state index in [-0.39, 0.29) is 5.76 Å². The van der Waals surface area contributed by atoms with Crippen molar-refractivity contribution in [1.29, 1.82) is 0 Å². The molecule has 2 N–H and O–H groups in total. The Hall–Kier alpha value is -2.51. The van der Waals surface area contributed by atoms with E-state index < -0.39 is 30.5 Å². The SMILES string of the molecule is Cc1c(C(=O)NC(CC(F)(F)F)C(=O)O)oc2ccccc12. The third-order valence-electron chi connectivity index (χ3n) is 3.09. The second-order valence-electron chi connectivity index (χ2n) is 4.74. The van der Waals surface area contributed by atoms with Crippen molar-refractivity contribution in [2.45, 2.75) is 25.6 Å². The fraction of sp³-hybridized carbons (Fsp3) is 0.286. The van der Waals surface area contributed by atoms with Crippen molar-refractivity contribution >= 4 is 22.8 Å². The minimum Gasteiger partial charge on any atom is -0.480 e. The van der Waals surface area contributed by atoms with Gasteiger partial charge >= 0.3 is 12.1 Å². The van der Waals surface area contributed by atoms with E-state index in [9.17, 15) is 22.8 Å². The van der Waals surface area contributed by atoms with Gasteiger partial charge in [0.25, 0.3) is 5.91 Å². The number of nitrogens with one attached hydrogen (secondary N) is 1. The maximum atomic E-state index is 12.3. The normalized spacial score (nSPS) is 13.1. The molecule has 0 spiro atoms. The van der Waals surface area contributed by atoms with Gasteiger partial charge in [0.05, 0.1) is 6.42 Å². The van der Waals surface area contributed by atoms with Gasteiger partial charge in [-0.2, -0.15) is 13.2 Å². The Kier molecular flexibility index (Phi) is 4.11. The van der Waals surface area contributed by atoms with Crippen LogP contribution in [0.2, 0.25) is 0 Å². The number of fused-ring (bicyclic) bond motifs is 1. The first-order valence-corrected chi connectivity index (χ1v) is 6.27. The second kappa shape index (κ2) is 5.70. The molecule has 0 radical (unpaired) electrons. The number of carbonyl (C=O) groups is 2. The summed E-state index contributed by atoms with van der Waals surface area (Å²) in [6.45, 7) is 1.57. The Morgan fingerprint density at radius 1 is 1.32 bits per heavy atom. The van der Waals surface area contributed by atoms with Gasteiger partial charge in [0.1, 0.15) is 11.6 Å². The molecule has 2 aromatic rings. The molecule has 0 bridgehead atoms. The molecule has 8 heteroatoms. The number of carboxylic acid groups (broad SMARTS) is 1. The molecule has 1 atom stereocenters. The highest BCUT2D eigenvalue weighted by atomic mass is 19.4. The number of carbonyl (C=O) groups excluding carboxylic acids is 1. The zero-order valence-corrected chi connectivity index (χ0v) is 11.4. The molecule has 1 unspecified atom stereocenters. The summed E-state index contributed by atoms with van der Waals surface area (Å²) in [5.74, 6) is -2.96. The van der Waals surface area contributed by atoms with Crippen LogP contribution in [0.3, 0.4) is 0 Å². The van der Waals surface area contributed by atoms with Crippen LogP contribution in [0.25, 0.3) is 11.0 Å². The van der Waals surface area contributed by atoms with E-state index in [2.05, 4.69) is 0 Å². The van der Waals surface area contributed by atoms with E-state index >= 15 is 0 Å². The summed E-state index contributed by atoms with van der Waals surface area (Å²) in [5.41, 5.74) is 0.831. The molecular formula is C14H12F3NO4. The number of furan rings is 1. The summed E-state index contributed by atoms with van der Waals surface area (Å²) in [7, 11) is 0. The van der Waals surface area contributed by atoms with Crippen LogP contribution in [0.4, 0.5) is 13.2 Å². The van der Waals surface area contributed by atoms with E-state index in [0.29, 0.717) is 16.5 Å². The molecule has 0 fully saturated rings. The number of amides is 1. The quantitative estimate of drug-likeness (QED) is 0.909. The lowest BCUT2D eigenvalue weighted by Gasteiger charge is -2.15. The molecule has 22 heavy (non-hydrogen) atoms. The van der Waals surface area contributed by atoms with Crippen molar-refractivity contribution in [2.75, 3.05) is 0 Å². The van der Waals surface area contributed by atoms with Gasteiger partial charge < -0.3 is 14.8 Å². The molecular weight excluding hydrogens is 303 g/mol. The van der Waals surface area contributed by atoms with E-state index in [1.54, 1.807) is 31.2 Å². The molecule has 1 aromatic carbocycles. The first kappa shape index (κ1) is 15.9. The molecule has 0 aliphatic carbocycles. The maximum Gasteiger partial charge on any atom is 0.391 e. The highest BCUT2D eigenvalue weighted by molar-refractivity contribution is 6.00. The molecule has 0 aliphatic rings. The van der Waals surface area contributed by atoms with Gasteiger partial charge in [0.15, 0.2) is 5.76 Å². The average molecular weight is 315 g/mol. The first-order valence-electron chi connectivity index (χ1n) is 6.27. The predicted octanol–water partition coefficient (Wildman–Crippen LogP) is 2.88. The van der Waals surface area contributed by atoms with Gasteiger partial charge in [-0.3, -0.25) is 4.79 Å². The molecule has 5 nitrogen and oxygen atoms in total. The van der Waals surface area contributed by atoms with Crippen molar-refractivity contribution in [1.82, 2.24) is 5.32 Å². The van der Waals surface area contributed by atoms with Gasteiger partial charge in [-0.25, -0.2) is 4.79 Å². The summed E-state index contributed by atoms with van der Waals surface area (Å²) >= 11 is 0. The van der Waals surface area contributed by atoms with Crippen LogP contribution < -0.4 is 5.32 Å². The lowest BCUT2D eigenvalue weighted by atomic mass is 10.1. The van der Waals surface area contributed by atoms with Crippen molar-refractivity contribution in [3.63, 3.8) is 0 Å². The Labute approximate surface area is 122 Å². The van der Waals surface area contributed by atoms with E-state index in [1.165, 1.54) is 0 Å². The number of hydrogen-bond donors (Lipinski definition) is 2. The van der Waals surface area contributed by atoms with Crippen LogP contribution in [-0.2, 0) is 4.79 Å². The smallest absolute Gasteiger partial charge is 0.391 e. The van der Waals surface area contributed by atoms with Crippen molar-refractivity contribution < 1.29 is 32.3 Å². The maximum absolute atomic E-state index is 12.3. The highest BCUT2D eigenvalue weighted by Gasteiger charge is 2.37. The van der Waals surface area contributed by atoms with Crippen molar-refractivity contribution in [3.8, 4) is 0 Å². The number of aryl methyl sites for hydroxylation is 1. The Bertz CT molecular complexity index is 720. The number of carboxylic acids is 1. The highest BCUT2D eigenvalue weighted by Crippen LogP contribution is 2.26. The van der Waals surface area contributed by atoms with Crippen LogP contribution in [0.15, 0.2) is 28.7 Å². The molecule has 1 aromatic heterocycles. The van der Waals surface area contributed by atoms with Crippen LogP contribution in [0.1, 0.15) is 22.5 Å². The summed E-state index contributed by atoms with van der Waals surface area (Å²) < 4.78 is 42.3. The van der Waals surface area contributed by atoms with E-state index in [1.807, 2.05) is 5.32 Å². The number of halogens is 3. The van der Waals surface area contributed by atoms with Crippen LogP contribution in [0.5, 0.6) is 0 Å². The van der Waals surface area contributed by atoms with Crippen molar-refractivity contribution in [2.24, 2.45) is 0 Å². The third kappa shape index (κ3) is 3.38. The lowest BCUT2D eigenvalue weighted by Crippen LogP contribution is -2.43. The van der Waals surface area contributed by atoms with Gasteiger partial charge in [-0.1, -0.05) is 18.2 Å². The van der Waals surface area contributed by atoms with Crippen molar-refractivity contribution in [3.05, 3.63) is 35.6 Å². The Balaban J connectivity index is 2.25. The summed E-state index contributed by atoms with van der Waals surface area (Å²) in [5, 5.41) is 11.3. The lowest BCUT2D eigenvalue weighted by molar-refractivity contribution is -0.157. The van der Waals surface area contributed by atoms with Gasteiger partial charge in [0.2, 0.25) is 0 Å². The Morgan fingerprint density at radius 3 is 2.50 bits per heavy atom. The summed E-state index contributed by atoms with van der Waals surface area (Å²) in [6, 6.07) is 4.62. The van der Waals surface area contributed by atoms with Crippen LogP contribution in [-0.4, -0.2) is 29.2 Å². The number of benzene rings is 1. The standard InChI is InChI=1S/C14H12F3NO4/c1-7-8-4-2-3-5-10(8)22-11(7)12(19)18-9(13(20)21)6-14(15,16)17/h2-5,9H,6H2,1H3,(H,18,19)(H,20,21). The fourth-order valence-corrected chi connectivity index (χ4v) is 2.05. The third-order valence-corrected chi connectivity index (χ3v) is 3.09. The fourth-order valence-electron chi connectivity index (χ4n) is 2.05. The summed E-state index contributed by atoms with van der Waals surface area (Å²) in [6.07, 6.45) is -6.37. The van der Waals surface area contributed by atoms with Gasteiger partial charge in [-0.15, -0.1) is 0 Å². The zero-order valence-electron chi connectivity index (χ0n) is 11.4. The number of para-hydroxylation sites is 1. The molecule has 118 valence electrons. The molecule has 0 saturated heterocycles. The van der Waals surface area contributed by atoms with E-state index in [4.69, 9.17) is 9.52 Å². The molecule has 1 heterocycles. The second-order valence-corrected chi connectivity index (χ2v) is 4.74. The summed E-state index contributed by atoms with van der Waals surface area (Å²) in [4.78, 5) is 22.9. The number of alkyl halides is 3. The topological polar surface area (TPSA) is 79.5 Å². The largest absolute Gasteiger partial charge is 0.480 e. The minimum atomic E-state index is -4.71. The van der Waals surface area contributed by atoms with Crippen LogP contribution in [0, 0.1) is 6.92 Å². The first-order chi connectivity index (χ1) is 10.2. The minimum absolute atomic E-state index is 0.199. The number of hydrogen-bond acceptors (Lipinski definition) is 3. The molecule has 2 rings (SSSR count). The number of rotatable bonds is 4. The molecule has 0 aliphatic heterocycles. The predicted molar refractivity (Wildman–Crippen MR) is 70.5 cm³/mol. The monoisotopic (exact) mass is 315 g/mol. The molecule has 1 amide bonds. The van der Waals surface area contributed by atoms with E-state index in [0.717, 1.165) is 0 Å². The molecule has 0 saturated carbocycles. The van der Waals surface area contributed by atoms with Crippen LogP contribution >= 0.6 is 0 Å². The van der Waals surface area contributed by atoms with Gasteiger partial charge in [0, 0.05) is 10.9 Å².